The number of carbonyl (C=O) groups excluding carboxylic acids is 4. The summed E-state index contributed by atoms with van der Waals surface area (Å²) in [6.45, 7) is 3.99. The van der Waals surface area contributed by atoms with Gasteiger partial charge in [0.2, 0.25) is 0 Å². The Balaban J connectivity index is 0.000000178. The van der Waals surface area contributed by atoms with Crippen LogP contribution in [-0.4, -0.2) is 28.0 Å². The average molecular weight is 663 g/mol. The number of fused-ring (bicyclic) bond motifs is 2. The summed E-state index contributed by atoms with van der Waals surface area (Å²) in [5.74, 6) is 1.39. The fourth-order valence-corrected chi connectivity index (χ4v) is 5.86. The van der Waals surface area contributed by atoms with E-state index in [1.165, 1.54) is 0 Å². The maximum atomic E-state index is 11.7. The van der Waals surface area contributed by atoms with Crippen molar-refractivity contribution in [2.45, 2.75) is 70.0 Å². The van der Waals surface area contributed by atoms with Crippen molar-refractivity contribution in [2.24, 2.45) is 16.7 Å². The van der Waals surface area contributed by atoms with Crippen LogP contribution in [0.15, 0.2) is 11.6 Å². The van der Waals surface area contributed by atoms with E-state index in [4.69, 9.17) is 0 Å². The van der Waals surface area contributed by atoms with E-state index in [0.717, 1.165) is 31.3 Å². The molecule has 150 valence electrons. The second-order valence-corrected chi connectivity index (χ2v) is 9.23. The highest BCUT2D eigenvalue weighted by Crippen LogP contribution is 2.50. The van der Waals surface area contributed by atoms with Crippen LogP contribution in [0.25, 0.3) is 0 Å². The molecule has 4 atom stereocenters. The topological polar surface area (TPSA) is 68.3 Å². The molecule has 0 aromatic rings. The highest BCUT2D eigenvalue weighted by atomic mass is 128. The van der Waals surface area contributed by atoms with Crippen molar-refractivity contribution in [3.63, 3.8) is 0 Å². The first-order chi connectivity index (χ1) is 12.7. The van der Waals surface area contributed by atoms with Crippen LogP contribution in [0.4, 0.5) is 0 Å². The molecule has 27 heavy (non-hydrogen) atoms. The van der Waals surface area contributed by atoms with Gasteiger partial charge in [0.1, 0.15) is 17.3 Å². The van der Waals surface area contributed by atoms with Gasteiger partial charge in [-0.1, -0.05) is 28.4 Å². The van der Waals surface area contributed by atoms with E-state index < -0.39 is 0 Å². The van der Waals surface area contributed by atoms with Crippen molar-refractivity contribution in [3.8, 4) is 0 Å². The summed E-state index contributed by atoms with van der Waals surface area (Å²) in [4.78, 5) is 45.6. The summed E-state index contributed by atoms with van der Waals surface area (Å²) >= 11 is 7.66. The van der Waals surface area contributed by atoms with E-state index >= 15 is 0 Å². The number of ketones is 4. The molecule has 4 nitrogen and oxygen atoms in total. The van der Waals surface area contributed by atoms with Gasteiger partial charge < -0.3 is 0 Å². The fourth-order valence-electron chi connectivity index (χ4n) is 4.79. The van der Waals surface area contributed by atoms with Crippen molar-refractivity contribution >= 4 is 76.3 Å². The molecule has 3 saturated carbocycles. The Morgan fingerprint density at radius 2 is 1.59 bits per heavy atom. The third-order valence-corrected chi connectivity index (χ3v) is 7.99. The first kappa shape index (κ1) is 23.6. The van der Waals surface area contributed by atoms with Crippen molar-refractivity contribution < 1.29 is 19.2 Å². The highest BCUT2D eigenvalue weighted by molar-refractivity contribution is 15.0. The predicted molar refractivity (Wildman–Crippen MR) is 126 cm³/mol. The number of hydrogen-bond donors (Lipinski definition) is 0. The van der Waals surface area contributed by atoms with Crippen molar-refractivity contribution in [3.05, 3.63) is 11.6 Å². The molecule has 0 amide bonds. The van der Waals surface area contributed by atoms with Gasteiger partial charge in [-0.15, -0.1) is 0 Å². The summed E-state index contributed by atoms with van der Waals surface area (Å²) in [5, 5.41) is 0. The minimum Gasteiger partial charge on any atom is -0.299 e. The smallest absolute Gasteiger partial charge is 0.155 e. The average Bonchev–Trinajstić information content (AvgIpc) is 3.12. The molecule has 0 spiro atoms. The molecule has 0 saturated heterocycles. The molecule has 0 aromatic heterocycles. The largest absolute Gasteiger partial charge is 0.299 e. The van der Waals surface area contributed by atoms with Crippen molar-refractivity contribution in [2.75, 3.05) is 0 Å². The van der Waals surface area contributed by atoms with Gasteiger partial charge in [-0.25, -0.2) is 0 Å². The Labute approximate surface area is 192 Å². The molecule has 0 radical (unpaired) electrons. The lowest BCUT2D eigenvalue weighted by Gasteiger charge is -2.37. The minimum atomic E-state index is -0.270. The Kier molecular flexibility index (Phi) is 8.27. The molecule has 0 aliphatic heterocycles. The number of Topliss-reactive ketones (excluding diaryl/α,β-unsaturated/α-hetero) is 3. The number of alkyl halides is 1. The standard InChI is InChI=1S/C10H13BrO2.C10H12O2.I2/c1-10-5-4-7(12)9(11)6(10)2-3-8(10)13;1-10-5-4-8(11)6-7(10)2-3-9(10)12;1-2/h6,9H,2-5H2,1H3;6H,2-5H2,1H3;/t6-,9-,10-;10-;/m00./s1. The molecule has 4 aliphatic rings. The van der Waals surface area contributed by atoms with Crippen LogP contribution in [0.5, 0.6) is 0 Å². The van der Waals surface area contributed by atoms with Gasteiger partial charge in [0.05, 0.1) is 4.83 Å². The van der Waals surface area contributed by atoms with Crippen molar-refractivity contribution in [1.29, 1.82) is 0 Å². The van der Waals surface area contributed by atoms with Gasteiger partial charge in [0.15, 0.2) is 5.78 Å². The zero-order chi connectivity index (χ0) is 20.4. The summed E-state index contributed by atoms with van der Waals surface area (Å²) in [5.41, 5.74) is 0.597. The second kappa shape index (κ2) is 9.45. The lowest BCUT2D eigenvalue weighted by atomic mass is 9.69. The summed E-state index contributed by atoms with van der Waals surface area (Å²) in [6, 6.07) is 0. The fraction of sp³-hybridized carbons (Fsp3) is 0.700. The molecule has 0 aromatic carbocycles. The maximum Gasteiger partial charge on any atom is 0.155 e. The van der Waals surface area contributed by atoms with E-state index in [-0.39, 0.29) is 33.1 Å². The van der Waals surface area contributed by atoms with Crippen LogP contribution in [0.1, 0.15) is 65.2 Å². The Hall–Kier alpha value is 0.360. The van der Waals surface area contributed by atoms with Gasteiger partial charge in [-0.05, 0) is 44.6 Å². The lowest BCUT2D eigenvalue weighted by molar-refractivity contribution is -0.131. The molecular weight excluding hydrogens is 638 g/mol. The molecule has 4 rings (SSSR count). The maximum absolute atomic E-state index is 11.7. The SMILES string of the molecule is C[C@]12CCC(=O)C=C1CCC2=O.C[C@]12CCC(=O)[C@@H](Br)[C@@H]1CCC2=O.II. The summed E-state index contributed by atoms with van der Waals surface area (Å²) in [7, 11) is 0. The number of carbonyl (C=O) groups is 4. The van der Waals surface area contributed by atoms with E-state index in [0.29, 0.717) is 37.2 Å². The molecule has 7 heteroatoms. The first-order valence-electron chi connectivity index (χ1n) is 9.30. The van der Waals surface area contributed by atoms with Crippen molar-refractivity contribution in [1.82, 2.24) is 0 Å². The van der Waals surface area contributed by atoms with E-state index in [1.807, 2.05) is 13.8 Å². The van der Waals surface area contributed by atoms with E-state index in [2.05, 4.69) is 53.2 Å². The lowest BCUT2D eigenvalue weighted by Crippen LogP contribution is -2.42. The normalized spacial score (nSPS) is 37.4. The molecule has 4 aliphatic carbocycles. The molecule has 3 fully saturated rings. The third kappa shape index (κ3) is 4.59. The number of hydrogen-bond acceptors (Lipinski definition) is 4. The Morgan fingerprint density at radius 1 is 0.926 bits per heavy atom. The second-order valence-electron chi connectivity index (χ2n) is 8.25. The van der Waals surface area contributed by atoms with Crippen LogP contribution in [0.2, 0.25) is 0 Å². The zero-order valence-corrected chi connectivity index (χ0v) is 21.6. The van der Waals surface area contributed by atoms with Crippen LogP contribution < -0.4 is 0 Å². The number of halogens is 3. The quantitative estimate of drug-likeness (QED) is 0.253. The summed E-state index contributed by atoms with van der Waals surface area (Å²) in [6.07, 6.45) is 7.28. The van der Waals surface area contributed by atoms with Crippen LogP contribution in [0, 0.1) is 16.7 Å². The molecular formula is C20H25BrI2O4. The van der Waals surface area contributed by atoms with Gasteiger partial charge in [-0.2, -0.15) is 0 Å². The molecule has 0 bridgehead atoms. The van der Waals surface area contributed by atoms with E-state index in [9.17, 15) is 19.2 Å². The summed E-state index contributed by atoms with van der Waals surface area (Å²) < 4.78 is 0. The third-order valence-electron chi connectivity index (χ3n) is 6.84. The number of allylic oxidation sites excluding steroid dienone is 2. The Bertz CT molecular complexity index is 689. The van der Waals surface area contributed by atoms with Crippen LogP contribution >= 0.6 is 53.2 Å². The van der Waals surface area contributed by atoms with Crippen LogP contribution in [0.3, 0.4) is 0 Å². The van der Waals surface area contributed by atoms with Gasteiger partial charge in [0, 0.05) is 73.7 Å². The molecule has 0 N–H and O–H groups in total. The first-order valence-corrected chi connectivity index (χ1v) is 16.5. The minimum absolute atomic E-state index is 0.0716. The van der Waals surface area contributed by atoms with E-state index in [1.54, 1.807) is 6.08 Å². The monoisotopic (exact) mass is 662 g/mol. The Morgan fingerprint density at radius 3 is 2.26 bits per heavy atom. The molecule has 0 unspecified atom stereocenters. The van der Waals surface area contributed by atoms with Gasteiger partial charge >= 0.3 is 0 Å². The molecule has 0 heterocycles. The highest BCUT2D eigenvalue weighted by Gasteiger charge is 2.52. The number of rotatable bonds is 0. The zero-order valence-electron chi connectivity index (χ0n) is 15.7. The van der Waals surface area contributed by atoms with Gasteiger partial charge in [0.25, 0.3) is 0 Å². The predicted octanol–water partition coefficient (Wildman–Crippen LogP) is 5.51. The van der Waals surface area contributed by atoms with Gasteiger partial charge in [-0.3, -0.25) is 19.2 Å². The van der Waals surface area contributed by atoms with Crippen LogP contribution in [-0.2, 0) is 19.2 Å².